The van der Waals surface area contributed by atoms with Crippen LogP contribution in [0.1, 0.15) is 62.9 Å². The van der Waals surface area contributed by atoms with E-state index in [9.17, 15) is 4.79 Å². The van der Waals surface area contributed by atoms with E-state index in [1.54, 1.807) is 13.8 Å². The van der Waals surface area contributed by atoms with Crippen molar-refractivity contribution >= 4 is 5.91 Å². The number of fused-ring (bicyclic) bond motifs is 1. The second kappa shape index (κ2) is 8.19. The van der Waals surface area contributed by atoms with Crippen LogP contribution in [0.5, 0.6) is 0 Å². The molecule has 146 valence electrons. The van der Waals surface area contributed by atoms with Crippen molar-refractivity contribution in [2.45, 2.75) is 64.3 Å². The van der Waals surface area contributed by atoms with E-state index in [2.05, 4.69) is 27.0 Å². The normalized spacial score (nSPS) is 18.0. The monoisotopic (exact) mass is 371 g/mol. The largest absolute Gasteiger partial charge is 0.374 e. The lowest BCUT2D eigenvalue weighted by atomic mass is 10.0. The van der Waals surface area contributed by atoms with E-state index < -0.39 is 11.6 Å². The van der Waals surface area contributed by atoms with Gasteiger partial charge in [0.15, 0.2) is 5.82 Å². The molecule has 2 atom stereocenters. The summed E-state index contributed by atoms with van der Waals surface area (Å²) in [5.41, 5.74) is 6.07. The number of hydrogen-bond acceptors (Lipinski definition) is 5. The van der Waals surface area contributed by atoms with Gasteiger partial charge in [0.25, 0.3) is 0 Å². The van der Waals surface area contributed by atoms with Crippen LogP contribution < -0.4 is 11.1 Å². The van der Waals surface area contributed by atoms with Gasteiger partial charge in [0.1, 0.15) is 11.9 Å². The lowest BCUT2D eigenvalue weighted by molar-refractivity contribution is -0.126. The molecule has 1 aliphatic rings. The molecular formula is C20H29N5O2. The number of aryl methyl sites for hydroxylation is 1. The van der Waals surface area contributed by atoms with Gasteiger partial charge in [-0.25, -0.2) is 0 Å². The maximum absolute atomic E-state index is 12.5. The van der Waals surface area contributed by atoms with Crippen LogP contribution in [0.2, 0.25) is 0 Å². The van der Waals surface area contributed by atoms with Gasteiger partial charge in [-0.15, -0.1) is 10.2 Å². The number of nitrogens with two attached hydrogens (primary N) is 1. The summed E-state index contributed by atoms with van der Waals surface area (Å²) in [6, 6.07) is 9.86. The Morgan fingerprint density at radius 2 is 2.11 bits per heavy atom. The van der Waals surface area contributed by atoms with E-state index >= 15 is 0 Å². The van der Waals surface area contributed by atoms with Crippen LogP contribution >= 0.6 is 0 Å². The number of hydrogen-bond donors (Lipinski definition) is 2. The summed E-state index contributed by atoms with van der Waals surface area (Å²) in [4.78, 5) is 12.5. The van der Waals surface area contributed by atoms with Crippen molar-refractivity contribution in [3.63, 3.8) is 0 Å². The molecule has 3 N–H and O–H groups in total. The highest BCUT2D eigenvalue weighted by Gasteiger charge is 2.31. The van der Waals surface area contributed by atoms with Crippen molar-refractivity contribution in [1.29, 1.82) is 0 Å². The second-order valence-electron chi connectivity index (χ2n) is 7.83. The number of nitrogens with one attached hydrogen (secondary N) is 1. The van der Waals surface area contributed by atoms with Crippen LogP contribution in [0.4, 0.5) is 0 Å². The minimum Gasteiger partial charge on any atom is -0.374 e. The van der Waals surface area contributed by atoms with Gasteiger partial charge in [0.2, 0.25) is 5.91 Å². The van der Waals surface area contributed by atoms with E-state index in [1.165, 1.54) is 0 Å². The summed E-state index contributed by atoms with van der Waals surface area (Å²) in [7, 11) is 0. The van der Waals surface area contributed by atoms with Gasteiger partial charge < -0.3 is 20.4 Å². The number of carbonyl (C=O) groups is 1. The van der Waals surface area contributed by atoms with Crippen molar-refractivity contribution in [2.75, 3.05) is 6.61 Å². The molecule has 1 unspecified atom stereocenters. The number of aromatic nitrogens is 3. The first-order chi connectivity index (χ1) is 12.9. The minimum atomic E-state index is -0.978. The Morgan fingerprint density at radius 3 is 2.81 bits per heavy atom. The summed E-state index contributed by atoms with van der Waals surface area (Å²) < 4.78 is 8.05. The maximum atomic E-state index is 12.5. The smallest absolute Gasteiger partial charge is 0.240 e. The molecule has 2 heterocycles. The molecule has 0 saturated heterocycles. The molecule has 1 aromatic carbocycles. The maximum Gasteiger partial charge on any atom is 0.240 e. The molecule has 3 rings (SSSR count). The second-order valence-corrected chi connectivity index (χ2v) is 7.83. The predicted molar refractivity (Wildman–Crippen MR) is 103 cm³/mol. The van der Waals surface area contributed by atoms with Crippen LogP contribution in [0.15, 0.2) is 30.3 Å². The molecule has 2 aromatic rings. The van der Waals surface area contributed by atoms with Gasteiger partial charge >= 0.3 is 0 Å². The number of rotatable bonds is 7. The van der Waals surface area contributed by atoms with E-state index in [-0.39, 0.29) is 5.91 Å². The number of carbonyl (C=O) groups excluding carboxylic acids is 1. The fourth-order valence-corrected chi connectivity index (χ4v) is 3.30. The third kappa shape index (κ3) is 4.73. The van der Waals surface area contributed by atoms with E-state index in [4.69, 9.17) is 10.5 Å². The SMILES string of the molecule is CC1CCCc2nnc([C@@H](COCc3ccccc3)NC(=O)C(C)(C)N)n21. The molecule has 0 aliphatic carbocycles. The number of nitrogens with zero attached hydrogens (tertiary/aromatic N) is 3. The third-order valence-electron chi connectivity index (χ3n) is 4.85. The Kier molecular flexibility index (Phi) is 5.92. The van der Waals surface area contributed by atoms with Crippen LogP contribution in [-0.2, 0) is 22.6 Å². The van der Waals surface area contributed by atoms with Gasteiger partial charge in [-0.3, -0.25) is 4.79 Å². The summed E-state index contributed by atoms with van der Waals surface area (Å²) >= 11 is 0. The highest BCUT2D eigenvalue weighted by Crippen LogP contribution is 2.27. The van der Waals surface area contributed by atoms with Crippen molar-refractivity contribution in [1.82, 2.24) is 20.1 Å². The average molecular weight is 371 g/mol. The zero-order valence-electron chi connectivity index (χ0n) is 16.3. The molecule has 1 amide bonds. The number of ether oxygens (including phenoxy) is 1. The predicted octanol–water partition coefficient (Wildman–Crippen LogP) is 2.29. The molecule has 0 spiro atoms. The van der Waals surface area contributed by atoms with E-state index in [0.717, 1.165) is 36.5 Å². The summed E-state index contributed by atoms with van der Waals surface area (Å²) in [6.45, 7) is 6.31. The molecule has 27 heavy (non-hydrogen) atoms. The standard InChI is InChI=1S/C20H29N5O2/c1-14-8-7-11-17-23-24-18(25(14)17)16(22-19(26)20(2,3)21)13-27-12-15-9-5-4-6-10-15/h4-6,9-10,14,16H,7-8,11-13,21H2,1-3H3,(H,22,26)/t14?,16-/m1/s1. The number of amides is 1. The topological polar surface area (TPSA) is 95.1 Å². The Balaban J connectivity index is 1.78. The number of benzene rings is 1. The Labute approximate surface area is 160 Å². The molecule has 0 fully saturated rings. The lowest BCUT2D eigenvalue weighted by Gasteiger charge is -2.28. The fourth-order valence-electron chi connectivity index (χ4n) is 3.30. The van der Waals surface area contributed by atoms with Gasteiger partial charge in [0, 0.05) is 12.5 Å². The van der Waals surface area contributed by atoms with Gasteiger partial charge in [-0.1, -0.05) is 30.3 Å². The van der Waals surface area contributed by atoms with Crippen LogP contribution in [0.25, 0.3) is 0 Å². The molecule has 7 nitrogen and oxygen atoms in total. The fraction of sp³-hybridized carbons (Fsp3) is 0.550. The van der Waals surface area contributed by atoms with Crippen molar-refractivity contribution in [3.05, 3.63) is 47.5 Å². The van der Waals surface area contributed by atoms with Crippen LogP contribution in [-0.4, -0.2) is 32.8 Å². The Bertz CT molecular complexity index is 766. The first kappa shape index (κ1) is 19.5. The molecule has 0 radical (unpaired) electrons. The van der Waals surface area contributed by atoms with Gasteiger partial charge in [0.05, 0.1) is 18.8 Å². The third-order valence-corrected chi connectivity index (χ3v) is 4.85. The first-order valence-corrected chi connectivity index (χ1v) is 9.51. The molecule has 1 aromatic heterocycles. The summed E-state index contributed by atoms with van der Waals surface area (Å²) in [5, 5.41) is 11.7. The molecule has 7 heteroatoms. The Hall–Kier alpha value is -2.25. The quantitative estimate of drug-likeness (QED) is 0.779. The molecule has 0 bridgehead atoms. The van der Waals surface area contributed by atoms with Gasteiger partial charge in [-0.05, 0) is 39.2 Å². The van der Waals surface area contributed by atoms with Crippen molar-refractivity contribution in [3.8, 4) is 0 Å². The summed E-state index contributed by atoms with van der Waals surface area (Å²) in [6.07, 6.45) is 3.09. The zero-order chi connectivity index (χ0) is 19.4. The Morgan fingerprint density at radius 1 is 1.37 bits per heavy atom. The van der Waals surface area contributed by atoms with E-state index in [1.807, 2.05) is 30.3 Å². The lowest BCUT2D eigenvalue weighted by Crippen LogP contribution is -2.51. The zero-order valence-corrected chi connectivity index (χ0v) is 16.3. The van der Waals surface area contributed by atoms with Crippen molar-refractivity contribution in [2.24, 2.45) is 5.73 Å². The average Bonchev–Trinajstić information content (AvgIpc) is 3.06. The molecule has 1 aliphatic heterocycles. The highest BCUT2D eigenvalue weighted by atomic mass is 16.5. The molecule has 0 saturated carbocycles. The van der Waals surface area contributed by atoms with Gasteiger partial charge in [-0.2, -0.15) is 0 Å². The highest BCUT2D eigenvalue weighted by molar-refractivity contribution is 5.85. The first-order valence-electron chi connectivity index (χ1n) is 9.51. The molecular weight excluding hydrogens is 342 g/mol. The van der Waals surface area contributed by atoms with Crippen LogP contribution in [0, 0.1) is 0 Å². The van der Waals surface area contributed by atoms with Crippen LogP contribution in [0.3, 0.4) is 0 Å². The summed E-state index contributed by atoms with van der Waals surface area (Å²) in [5.74, 6) is 1.47. The van der Waals surface area contributed by atoms with Crippen molar-refractivity contribution < 1.29 is 9.53 Å². The minimum absolute atomic E-state index is 0.239. The van der Waals surface area contributed by atoms with E-state index in [0.29, 0.717) is 19.3 Å².